The van der Waals surface area contributed by atoms with Gasteiger partial charge in [-0.3, -0.25) is 14.9 Å². The molecule has 0 atom stereocenters. The van der Waals surface area contributed by atoms with E-state index >= 15 is 0 Å². The number of carbonyl (C=O) groups is 1. The van der Waals surface area contributed by atoms with Crippen molar-refractivity contribution in [2.75, 3.05) is 18.0 Å². The maximum absolute atomic E-state index is 11.0. The van der Waals surface area contributed by atoms with Crippen LogP contribution >= 0.6 is 15.9 Å². The van der Waals surface area contributed by atoms with Crippen LogP contribution in [-0.4, -0.2) is 29.1 Å². The topological polar surface area (TPSA) is 132 Å². The number of anilines is 1. The molecule has 0 aliphatic heterocycles. The fourth-order valence-electron chi connectivity index (χ4n) is 3.04. The van der Waals surface area contributed by atoms with Gasteiger partial charge < -0.3 is 10.0 Å². The monoisotopic (exact) mass is 501 g/mol. The van der Waals surface area contributed by atoms with Gasteiger partial charge in [-0.25, -0.2) is 0 Å². The summed E-state index contributed by atoms with van der Waals surface area (Å²) in [5.41, 5.74) is 1.47. The van der Waals surface area contributed by atoms with E-state index in [0.717, 1.165) is 44.0 Å². The van der Waals surface area contributed by atoms with Crippen LogP contribution in [0.5, 0.6) is 0 Å². The SMILES string of the molecule is CCCCCCN(CCC(=O)O)c1ccc(/N=N\c2c(Br)cc([N+](=O)[O-])cc2C#N)cc1. The minimum Gasteiger partial charge on any atom is -0.481 e. The lowest BCUT2D eigenvalue weighted by molar-refractivity contribution is -0.384. The van der Waals surface area contributed by atoms with E-state index in [2.05, 4.69) is 33.1 Å². The van der Waals surface area contributed by atoms with Crippen LogP contribution in [0.25, 0.3) is 0 Å². The summed E-state index contributed by atoms with van der Waals surface area (Å²) >= 11 is 3.21. The van der Waals surface area contributed by atoms with Gasteiger partial charge in [-0.15, -0.1) is 5.11 Å². The summed E-state index contributed by atoms with van der Waals surface area (Å²) in [4.78, 5) is 23.4. The summed E-state index contributed by atoms with van der Waals surface area (Å²) in [6.07, 6.45) is 4.42. The van der Waals surface area contributed by atoms with Crippen molar-refractivity contribution in [2.24, 2.45) is 10.2 Å². The molecule has 0 amide bonds. The summed E-state index contributed by atoms with van der Waals surface area (Å²) in [7, 11) is 0. The van der Waals surface area contributed by atoms with Crippen molar-refractivity contribution in [2.45, 2.75) is 39.0 Å². The third kappa shape index (κ3) is 7.42. The highest BCUT2D eigenvalue weighted by atomic mass is 79.9. The van der Waals surface area contributed by atoms with Crippen LogP contribution in [0.2, 0.25) is 0 Å². The molecule has 0 saturated carbocycles. The van der Waals surface area contributed by atoms with Crippen molar-refractivity contribution >= 4 is 44.6 Å². The van der Waals surface area contributed by atoms with Gasteiger partial charge in [-0.1, -0.05) is 26.2 Å². The Bertz CT molecular complexity index is 1020. The number of aliphatic carboxylic acids is 1. The zero-order valence-corrected chi connectivity index (χ0v) is 19.3. The Hall–Kier alpha value is -3.32. The number of rotatable bonds is 12. The van der Waals surface area contributed by atoms with Crippen LogP contribution in [0.1, 0.15) is 44.6 Å². The van der Waals surface area contributed by atoms with Crippen molar-refractivity contribution in [3.63, 3.8) is 0 Å². The number of hydrogen-bond donors (Lipinski definition) is 1. The van der Waals surface area contributed by atoms with Crippen molar-refractivity contribution < 1.29 is 14.8 Å². The number of carboxylic acid groups (broad SMARTS) is 1. The van der Waals surface area contributed by atoms with Gasteiger partial charge in [-0.05, 0) is 46.6 Å². The Kier molecular flexibility index (Phi) is 9.76. The van der Waals surface area contributed by atoms with E-state index in [1.807, 2.05) is 23.1 Å². The predicted octanol–water partition coefficient (Wildman–Crippen LogP) is 6.51. The molecule has 0 aliphatic carbocycles. The Morgan fingerprint density at radius 1 is 1.19 bits per heavy atom. The Morgan fingerprint density at radius 2 is 1.91 bits per heavy atom. The molecule has 0 aromatic heterocycles. The molecule has 0 aliphatic rings. The molecule has 32 heavy (non-hydrogen) atoms. The third-order valence-electron chi connectivity index (χ3n) is 4.74. The first-order valence-corrected chi connectivity index (χ1v) is 11.0. The number of nitriles is 1. The molecule has 9 nitrogen and oxygen atoms in total. The van der Waals surface area contributed by atoms with Crippen LogP contribution < -0.4 is 4.90 Å². The quantitative estimate of drug-likeness (QED) is 0.152. The lowest BCUT2D eigenvalue weighted by Gasteiger charge is -2.24. The van der Waals surface area contributed by atoms with Crippen LogP contribution in [0.15, 0.2) is 51.1 Å². The molecule has 0 fully saturated rings. The smallest absolute Gasteiger partial charge is 0.305 e. The maximum atomic E-state index is 11.0. The van der Waals surface area contributed by atoms with E-state index in [0.29, 0.717) is 16.7 Å². The summed E-state index contributed by atoms with van der Waals surface area (Å²) in [5, 5.41) is 37.5. The van der Waals surface area contributed by atoms with Crippen molar-refractivity contribution in [1.82, 2.24) is 0 Å². The standard InChI is InChI=1S/C22H24BrN5O4/c1-2-3-4-5-11-27(12-10-21(29)30)18-8-6-17(7-9-18)25-26-22-16(15-24)13-19(28(31)32)14-20(22)23/h6-9,13-14H,2-5,10-12H2,1H3,(H,29,30)/b26-25-. The zero-order valence-electron chi connectivity index (χ0n) is 17.7. The summed E-state index contributed by atoms with van der Waals surface area (Å²) < 4.78 is 0.301. The summed E-state index contributed by atoms with van der Waals surface area (Å²) in [6.45, 7) is 3.34. The first-order valence-electron chi connectivity index (χ1n) is 10.2. The van der Waals surface area contributed by atoms with Crippen molar-refractivity contribution in [3.05, 3.63) is 56.5 Å². The predicted molar refractivity (Wildman–Crippen MR) is 125 cm³/mol. The molecular weight excluding hydrogens is 478 g/mol. The lowest BCUT2D eigenvalue weighted by atomic mass is 10.2. The first-order chi connectivity index (χ1) is 15.3. The second kappa shape index (κ2) is 12.5. The fraction of sp³-hybridized carbons (Fsp3) is 0.364. The molecule has 0 spiro atoms. The highest BCUT2D eigenvalue weighted by Gasteiger charge is 2.15. The number of hydrogen-bond acceptors (Lipinski definition) is 7. The number of nitro groups is 1. The second-order valence-corrected chi connectivity index (χ2v) is 7.95. The van der Waals surface area contributed by atoms with Crippen LogP contribution in [-0.2, 0) is 4.79 Å². The molecule has 0 heterocycles. The van der Waals surface area contributed by atoms with E-state index < -0.39 is 10.9 Å². The third-order valence-corrected chi connectivity index (χ3v) is 5.34. The number of azo groups is 1. The minimum absolute atomic E-state index is 0.0402. The van der Waals surface area contributed by atoms with Crippen molar-refractivity contribution in [3.8, 4) is 6.07 Å². The largest absolute Gasteiger partial charge is 0.481 e. The molecule has 0 unspecified atom stereocenters. The van der Waals surface area contributed by atoms with E-state index in [-0.39, 0.29) is 23.4 Å². The number of benzene rings is 2. The summed E-state index contributed by atoms with van der Waals surface area (Å²) in [6, 6.07) is 11.5. The molecule has 2 aromatic carbocycles. The molecule has 2 rings (SSSR count). The van der Waals surface area contributed by atoms with E-state index in [4.69, 9.17) is 5.11 Å². The molecule has 0 saturated heterocycles. The first kappa shape index (κ1) is 24.9. The number of unbranched alkanes of at least 4 members (excludes halogenated alkanes) is 3. The van der Waals surface area contributed by atoms with Gasteiger partial charge in [0.1, 0.15) is 11.8 Å². The number of non-ortho nitro benzene ring substituents is 1. The summed E-state index contributed by atoms with van der Waals surface area (Å²) in [5.74, 6) is -0.837. The number of carboxylic acids is 1. The van der Waals surface area contributed by atoms with Gasteiger partial charge in [0.15, 0.2) is 0 Å². The number of nitrogens with zero attached hydrogens (tertiary/aromatic N) is 5. The fourth-order valence-corrected chi connectivity index (χ4v) is 3.57. The minimum atomic E-state index is -0.837. The van der Waals surface area contributed by atoms with Crippen molar-refractivity contribution in [1.29, 1.82) is 5.26 Å². The van der Waals surface area contributed by atoms with Crippen LogP contribution in [0.4, 0.5) is 22.7 Å². The van der Waals surface area contributed by atoms with Gasteiger partial charge in [0, 0.05) is 30.9 Å². The van der Waals surface area contributed by atoms with Gasteiger partial charge in [0.05, 0.1) is 27.1 Å². The van der Waals surface area contributed by atoms with Gasteiger partial charge in [0.25, 0.3) is 5.69 Å². The lowest BCUT2D eigenvalue weighted by Crippen LogP contribution is -2.27. The normalized spacial score (nSPS) is 10.8. The molecule has 0 bridgehead atoms. The van der Waals surface area contributed by atoms with E-state index in [1.54, 1.807) is 12.1 Å². The molecule has 1 N–H and O–H groups in total. The Labute approximate surface area is 194 Å². The Balaban J connectivity index is 2.18. The maximum Gasteiger partial charge on any atom is 0.305 e. The van der Waals surface area contributed by atoms with E-state index in [1.165, 1.54) is 6.07 Å². The molecular formula is C22H24BrN5O4. The second-order valence-electron chi connectivity index (χ2n) is 7.10. The van der Waals surface area contributed by atoms with Gasteiger partial charge in [0.2, 0.25) is 0 Å². The molecule has 0 radical (unpaired) electrons. The highest BCUT2D eigenvalue weighted by Crippen LogP contribution is 2.34. The van der Waals surface area contributed by atoms with Gasteiger partial charge in [-0.2, -0.15) is 10.4 Å². The van der Waals surface area contributed by atoms with Gasteiger partial charge >= 0.3 is 5.97 Å². The molecule has 168 valence electrons. The number of nitro benzene ring substituents is 1. The van der Waals surface area contributed by atoms with Crippen LogP contribution in [0, 0.1) is 21.4 Å². The Morgan fingerprint density at radius 3 is 2.50 bits per heavy atom. The highest BCUT2D eigenvalue weighted by molar-refractivity contribution is 9.10. The van der Waals surface area contributed by atoms with Crippen LogP contribution in [0.3, 0.4) is 0 Å². The molecule has 10 heteroatoms. The van der Waals surface area contributed by atoms with E-state index in [9.17, 15) is 20.2 Å². The molecule has 2 aromatic rings. The average Bonchev–Trinajstić information content (AvgIpc) is 2.77. The number of halogens is 1. The average molecular weight is 502 g/mol. The zero-order chi connectivity index (χ0) is 23.5.